The summed E-state index contributed by atoms with van der Waals surface area (Å²) in [4.78, 5) is 20.0. The average molecular weight is 443 g/mol. The van der Waals surface area contributed by atoms with Gasteiger partial charge in [-0.25, -0.2) is 4.98 Å². The number of nitrogens with zero attached hydrogens (tertiary/aromatic N) is 3. The number of benzene rings is 1. The van der Waals surface area contributed by atoms with E-state index < -0.39 is 11.7 Å². The van der Waals surface area contributed by atoms with Crippen molar-refractivity contribution in [1.82, 2.24) is 20.4 Å². The minimum atomic E-state index is -4.49. The first kappa shape index (κ1) is 21.1. The molecule has 0 fully saturated rings. The summed E-state index contributed by atoms with van der Waals surface area (Å²) >= 11 is 7.00. The number of aryl methyl sites for hydroxylation is 1. The number of hydrogen-bond donors (Lipinski definition) is 1. The Labute approximate surface area is 172 Å². The molecule has 0 aliphatic heterocycles. The second-order valence-electron chi connectivity index (χ2n) is 5.84. The molecule has 2 heterocycles. The molecule has 0 atom stereocenters. The van der Waals surface area contributed by atoms with Gasteiger partial charge in [0.25, 0.3) is 11.8 Å². The SMILES string of the molecule is Cc1noc(-c2ccc(C(=O)NCCSc3ncc(C(F)(F)F)cc3Cl)cc2)n1. The number of carbonyl (C=O) groups is 1. The molecule has 152 valence electrons. The number of amides is 1. The molecule has 0 spiro atoms. The van der Waals surface area contributed by atoms with Gasteiger partial charge in [0, 0.05) is 29.6 Å². The zero-order chi connectivity index (χ0) is 21.0. The van der Waals surface area contributed by atoms with Gasteiger partial charge < -0.3 is 9.84 Å². The zero-order valence-electron chi connectivity index (χ0n) is 15.0. The minimum absolute atomic E-state index is 0.0806. The quantitative estimate of drug-likeness (QED) is 0.442. The molecule has 1 aromatic carbocycles. The van der Waals surface area contributed by atoms with Crippen LogP contribution in [0.15, 0.2) is 46.1 Å². The van der Waals surface area contributed by atoms with Crippen molar-refractivity contribution in [2.75, 3.05) is 12.3 Å². The molecule has 3 rings (SSSR count). The fraction of sp³-hybridized carbons (Fsp3) is 0.222. The highest BCUT2D eigenvalue weighted by atomic mass is 35.5. The van der Waals surface area contributed by atoms with Crippen molar-refractivity contribution in [1.29, 1.82) is 0 Å². The molecule has 0 unspecified atom stereocenters. The fourth-order valence-corrected chi connectivity index (χ4v) is 3.33. The number of alkyl halides is 3. The Balaban J connectivity index is 1.50. The van der Waals surface area contributed by atoms with E-state index in [1.54, 1.807) is 31.2 Å². The number of pyridine rings is 1. The average Bonchev–Trinajstić information content (AvgIpc) is 3.11. The van der Waals surface area contributed by atoms with Crippen molar-refractivity contribution >= 4 is 29.3 Å². The van der Waals surface area contributed by atoms with Gasteiger partial charge in [-0.1, -0.05) is 16.8 Å². The normalized spacial score (nSPS) is 11.5. The van der Waals surface area contributed by atoms with Crippen LogP contribution >= 0.6 is 23.4 Å². The molecule has 0 aliphatic carbocycles. The lowest BCUT2D eigenvalue weighted by Crippen LogP contribution is -2.25. The molecule has 2 aromatic heterocycles. The Morgan fingerprint density at radius 3 is 2.59 bits per heavy atom. The summed E-state index contributed by atoms with van der Waals surface area (Å²) in [6, 6.07) is 7.49. The van der Waals surface area contributed by atoms with Crippen LogP contribution in [0.25, 0.3) is 11.5 Å². The van der Waals surface area contributed by atoms with Gasteiger partial charge in [-0.15, -0.1) is 11.8 Å². The van der Waals surface area contributed by atoms with Crippen LogP contribution in [0.1, 0.15) is 21.7 Å². The maximum Gasteiger partial charge on any atom is 0.417 e. The summed E-state index contributed by atoms with van der Waals surface area (Å²) in [5.41, 5.74) is 0.237. The van der Waals surface area contributed by atoms with Gasteiger partial charge in [0.2, 0.25) is 0 Å². The van der Waals surface area contributed by atoms with Crippen molar-refractivity contribution in [3.8, 4) is 11.5 Å². The van der Waals surface area contributed by atoms with Gasteiger partial charge in [0.15, 0.2) is 5.82 Å². The Morgan fingerprint density at radius 2 is 2.00 bits per heavy atom. The molecule has 0 saturated heterocycles. The summed E-state index contributed by atoms with van der Waals surface area (Å²) in [6.45, 7) is 1.99. The molecular formula is C18H14ClF3N4O2S. The number of aromatic nitrogens is 3. The third-order valence-corrected chi connectivity index (χ3v) is 5.09. The standard InChI is InChI=1S/C18H14ClF3N4O2S/c1-10-25-16(28-26-10)12-4-2-11(3-5-12)15(27)23-6-7-29-17-14(19)8-13(9-24-17)18(20,21)22/h2-5,8-9H,6-7H2,1H3,(H,23,27). The van der Waals surface area contributed by atoms with E-state index in [9.17, 15) is 18.0 Å². The summed E-state index contributed by atoms with van der Waals surface area (Å²) < 4.78 is 42.9. The third kappa shape index (κ3) is 5.48. The van der Waals surface area contributed by atoms with Crippen molar-refractivity contribution in [2.45, 2.75) is 18.1 Å². The summed E-state index contributed by atoms with van der Waals surface area (Å²) in [5.74, 6) is 0.988. The van der Waals surface area contributed by atoms with E-state index in [2.05, 4.69) is 20.4 Å². The van der Waals surface area contributed by atoms with Crippen LogP contribution in [0, 0.1) is 6.92 Å². The molecule has 0 aliphatic rings. The highest BCUT2D eigenvalue weighted by molar-refractivity contribution is 7.99. The lowest BCUT2D eigenvalue weighted by molar-refractivity contribution is -0.137. The summed E-state index contributed by atoms with van der Waals surface area (Å²) in [5, 5.41) is 6.63. The molecule has 11 heteroatoms. The Bertz CT molecular complexity index is 1010. The van der Waals surface area contributed by atoms with Crippen LogP contribution in [0.5, 0.6) is 0 Å². The van der Waals surface area contributed by atoms with Gasteiger partial charge in [-0.2, -0.15) is 18.2 Å². The van der Waals surface area contributed by atoms with Crippen LogP contribution in [0.3, 0.4) is 0 Å². The highest BCUT2D eigenvalue weighted by Gasteiger charge is 2.31. The second kappa shape index (κ2) is 8.83. The molecule has 0 saturated carbocycles. The predicted octanol–water partition coefficient (Wildman–Crippen LogP) is 4.63. The van der Waals surface area contributed by atoms with E-state index >= 15 is 0 Å². The van der Waals surface area contributed by atoms with E-state index in [-0.39, 0.29) is 22.5 Å². The number of rotatable bonds is 6. The second-order valence-corrected chi connectivity index (χ2v) is 7.33. The number of nitrogens with one attached hydrogen (secondary N) is 1. The van der Waals surface area contributed by atoms with E-state index in [1.807, 2.05) is 0 Å². The molecule has 29 heavy (non-hydrogen) atoms. The van der Waals surface area contributed by atoms with E-state index in [4.69, 9.17) is 16.1 Å². The molecular weight excluding hydrogens is 429 g/mol. The van der Waals surface area contributed by atoms with Crippen LogP contribution in [-0.4, -0.2) is 33.3 Å². The van der Waals surface area contributed by atoms with Gasteiger partial charge >= 0.3 is 6.18 Å². The predicted molar refractivity (Wildman–Crippen MR) is 102 cm³/mol. The minimum Gasteiger partial charge on any atom is -0.351 e. The molecule has 0 radical (unpaired) electrons. The first-order chi connectivity index (χ1) is 13.7. The first-order valence-electron chi connectivity index (χ1n) is 8.28. The zero-order valence-corrected chi connectivity index (χ0v) is 16.5. The molecule has 1 amide bonds. The highest BCUT2D eigenvalue weighted by Crippen LogP contribution is 2.33. The first-order valence-corrected chi connectivity index (χ1v) is 9.65. The monoisotopic (exact) mass is 442 g/mol. The summed E-state index contributed by atoms with van der Waals surface area (Å²) in [6.07, 6.45) is -3.76. The van der Waals surface area contributed by atoms with Gasteiger partial charge in [-0.3, -0.25) is 4.79 Å². The van der Waals surface area contributed by atoms with Crippen molar-refractivity contribution < 1.29 is 22.5 Å². The Morgan fingerprint density at radius 1 is 1.28 bits per heavy atom. The number of carbonyl (C=O) groups excluding carboxylic acids is 1. The van der Waals surface area contributed by atoms with Gasteiger partial charge in [0.05, 0.1) is 10.6 Å². The van der Waals surface area contributed by atoms with Crippen LogP contribution in [0.4, 0.5) is 13.2 Å². The Hall–Kier alpha value is -2.59. The maximum absolute atomic E-state index is 12.6. The van der Waals surface area contributed by atoms with Crippen LogP contribution < -0.4 is 5.32 Å². The fourth-order valence-electron chi connectivity index (χ4n) is 2.28. The van der Waals surface area contributed by atoms with Crippen LogP contribution in [-0.2, 0) is 6.18 Å². The van der Waals surface area contributed by atoms with Crippen LogP contribution in [0.2, 0.25) is 5.02 Å². The van der Waals surface area contributed by atoms with Crippen molar-refractivity contribution in [2.24, 2.45) is 0 Å². The maximum atomic E-state index is 12.6. The number of halogens is 4. The summed E-state index contributed by atoms with van der Waals surface area (Å²) in [7, 11) is 0. The molecule has 1 N–H and O–H groups in total. The number of hydrogen-bond acceptors (Lipinski definition) is 6. The van der Waals surface area contributed by atoms with E-state index in [1.165, 1.54) is 0 Å². The van der Waals surface area contributed by atoms with Gasteiger partial charge in [-0.05, 0) is 37.3 Å². The van der Waals surface area contributed by atoms with Crippen molar-refractivity contribution in [3.05, 3.63) is 58.5 Å². The van der Waals surface area contributed by atoms with E-state index in [0.717, 1.165) is 24.0 Å². The van der Waals surface area contributed by atoms with Gasteiger partial charge in [0.1, 0.15) is 5.03 Å². The molecule has 3 aromatic rings. The third-order valence-electron chi connectivity index (χ3n) is 3.68. The molecule has 6 nitrogen and oxygen atoms in total. The van der Waals surface area contributed by atoms with Crippen molar-refractivity contribution in [3.63, 3.8) is 0 Å². The number of thioether (sulfide) groups is 1. The largest absolute Gasteiger partial charge is 0.417 e. The Kier molecular flexibility index (Phi) is 6.43. The lowest BCUT2D eigenvalue weighted by Gasteiger charge is -2.09. The molecule has 0 bridgehead atoms. The smallest absolute Gasteiger partial charge is 0.351 e. The lowest BCUT2D eigenvalue weighted by atomic mass is 10.1. The van der Waals surface area contributed by atoms with E-state index in [0.29, 0.717) is 28.6 Å². The topological polar surface area (TPSA) is 80.9 Å².